The summed E-state index contributed by atoms with van der Waals surface area (Å²) in [6.45, 7) is 0. The molecule has 0 radical (unpaired) electrons. The number of benzene rings is 1. The molecule has 94 valence electrons. The summed E-state index contributed by atoms with van der Waals surface area (Å²) >= 11 is 1.11. The molecule has 0 atom stereocenters. The van der Waals surface area contributed by atoms with Gasteiger partial charge in [0.05, 0.1) is 5.56 Å². The van der Waals surface area contributed by atoms with Crippen LogP contribution in [0.4, 0.5) is 10.1 Å². The summed E-state index contributed by atoms with van der Waals surface area (Å²) in [5.74, 6) is -2.18. The lowest BCUT2D eigenvalue weighted by molar-refractivity contribution is 0.0692. The van der Waals surface area contributed by atoms with Gasteiger partial charge in [0.1, 0.15) is 12.1 Å². The number of nitrogens with two attached hydrogens (primary N) is 1. The molecule has 2 aromatic rings. The molecule has 0 unspecified atom stereocenters. The van der Waals surface area contributed by atoms with Crippen molar-refractivity contribution in [3.8, 4) is 0 Å². The molecule has 0 fully saturated rings. The van der Waals surface area contributed by atoms with Crippen molar-refractivity contribution in [2.45, 2.75) is 10.1 Å². The van der Waals surface area contributed by atoms with Gasteiger partial charge in [-0.15, -0.1) is 10.2 Å². The fourth-order valence-electron chi connectivity index (χ4n) is 1.29. The van der Waals surface area contributed by atoms with Gasteiger partial charge >= 0.3 is 5.97 Å². The van der Waals surface area contributed by atoms with E-state index in [9.17, 15) is 9.18 Å². The van der Waals surface area contributed by atoms with Gasteiger partial charge in [0.15, 0.2) is 5.16 Å². The van der Waals surface area contributed by atoms with Crippen LogP contribution < -0.4 is 5.73 Å². The van der Waals surface area contributed by atoms with Crippen molar-refractivity contribution in [3.05, 3.63) is 29.8 Å². The lowest BCUT2D eigenvalue weighted by atomic mass is 10.2. The summed E-state index contributed by atoms with van der Waals surface area (Å²) in [7, 11) is 1.74. The summed E-state index contributed by atoms with van der Waals surface area (Å²) in [6, 6.07) is 2.18. The minimum atomic E-state index is -1.35. The molecular weight excluding hydrogens is 259 g/mol. The third-order valence-corrected chi connectivity index (χ3v) is 3.33. The highest BCUT2D eigenvalue weighted by molar-refractivity contribution is 7.99. The second-order valence-electron chi connectivity index (χ2n) is 3.50. The van der Waals surface area contributed by atoms with E-state index in [1.165, 1.54) is 6.33 Å². The summed E-state index contributed by atoms with van der Waals surface area (Å²) in [5.41, 5.74) is 5.42. The SMILES string of the molecule is Cn1cnnc1Sc1cc(F)c(C(=O)O)cc1N. The molecule has 1 aromatic heterocycles. The van der Waals surface area contributed by atoms with Crippen LogP contribution in [-0.2, 0) is 7.05 Å². The molecule has 0 aliphatic carbocycles. The monoisotopic (exact) mass is 268 g/mol. The highest BCUT2D eigenvalue weighted by Crippen LogP contribution is 2.32. The quantitative estimate of drug-likeness (QED) is 0.817. The van der Waals surface area contributed by atoms with Crippen LogP contribution in [-0.4, -0.2) is 25.8 Å². The molecule has 0 aliphatic rings. The Kier molecular flexibility index (Phi) is 3.19. The molecule has 8 heteroatoms. The predicted molar refractivity (Wildman–Crippen MR) is 62.9 cm³/mol. The van der Waals surface area contributed by atoms with Gasteiger partial charge in [0.25, 0.3) is 0 Å². The van der Waals surface area contributed by atoms with Crippen molar-refractivity contribution in [2.24, 2.45) is 7.05 Å². The van der Waals surface area contributed by atoms with Crippen LogP contribution in [0.1, 0.15) is 10.4 Å². The maximum absolute atomic E-state index is 13.5. The average molecular weight is 268 g/mol. The molecule has 0 saturated carbocycles. The Labute approximate surface area is 106 Å². The zero-order valence-corrected chi connectivity index (χ0v) is 10.1. The van der Waals surface area contributed by atoms with Crippen LogP contribution in [0.3, 0.4) is 0 Å². The number of halogens is 1. The highest BCUT2D eigenvalue weighted by atomic mass is 32.2. The number of anilines is 1. The number of nitrogen functional groups attached to an aromatic ring is 1. The van der Waals surface area contributed by atoms with Gasteiger partial charge in [-0.05, 0) is 23.9 Å². The van der Waals surface area contributed by atoms with E-state index in [-0.39, 0.29) is 5.69 Å². The molecule has 6 nitrogen and oxygen atoms in total. The summed E-state index contributed by atoms with van der Waals surface area (Å²) < 4.78 is 15.2. The standard InChI is InChI=1S/C10H9FN4O2S/c1-15-4-13-14-10(15)18-8-3-6(11)5(9(16)17)2-7(8)12/h2-4H,12H2,1H3,(H,16,17). The molecule has 0 bridgehead atoms. The minimum absolute atomic E-state index is 0.182. The molecule has 0 amide bonds. The van der Waals surface area contributed by atoms with E-state index in [4.69, 9.17) is 10.8 Å². The predicted octanol–water partition coefficient (Wildman–Crippen LogP) is 1.39. The average Bonchev–Trinajstić information content (AvgIpc) is 2.69. The van der Waals surface area contributed by atoms with Gasteiger partial charge in [0, 0.05) is 17.6 Å². The zero-order chi connectivity index (χ0) is 13.3. The van der Waals surface area contributed by atoms with Gasteiger partial charge in [0.2, 0.25) is 0 Å². The Hall–Kier alpha value is -2.09. The highest BCUT2D eigenvalue weighted by Gasteiger charge is 2.15. The summed E-state index contributed by atoms with van der Waals surface area (Å²) in [4.78, 5) is 11.1. The molecule has 18 heavy (non-hydrogen) atoms. The van der Waals surface area contributed by atoms with E-state index < -0.39 is 17.3 Å². The van der Waals surface area contributed by atoms with Crippen molar-refractivity contribution in [1.82, 2.24) is 14.8 Å². The summed E-state index contributed by atoms with van der Waals surface area (Å²) in [5, 5.41) is 16.8. The Bertz CT molecular complexity index is 614. The molecule has 0 spiro atoms. The van der Waals surface area contributed by atoms with E-state index in [1.807, 2.05) is 0 Å². The van der Waals surface area contributed by atoms with Gasteiger partial charge < -0.3 is 15.4 Å². The van der Waals surface area contributed by atoms with E-state index in [1.54, 1.807) is 11.6 Å². The fraction of sp³-hybridized carbons (Fsp3) is 0.100. The van der Waals surface area contributed by atoms with Crippen molar-refractivity contribution >= 4 is 23.4 Å². The molecule has 0 saturated heterocycles. The Morgan fingerprint density at radius 2 is 2.28 bits per heavy atom. The van der Waals surface area contributed by atoms with E-state index in [2.05, 4.69) is 10.2 Å². The van der Waals surface area contributed by atoms with Crippen LogP contribution in [0.15, 0.2) is 28.5 Å². The van der Waals surface area contributed by atoms with Gasteiger partial charge in [-0.2, -0.15) is 0 Å². The first-order valence-electron chi connectivity index (χ1n) is 4.83. The number of carbonyl (C=O) groups is 1. The Morgan fingerprint density at radius 3 is 2.83 bits per heavy atom. The number of aromatic nitrogens is 3. The topological polar surface area (TPSA) is 94.0 Å². The van der Waals surface area contributed by atoms with Gasteiger partial charge in [-0.1, -0.05) is 0 Å². The summed E-state index contributed by atoms with van der Waals surface area (Å²) in [6.07, 6.45) is 1.50. The fourth-order valence-corrected chi connectivity index (χ4v) is 2.10. The van der Waals surface area contributed by atoms with Crippen molar-refractivity contribution in [1.29, 1.82) is 0 Å². The number of aryl methyl sites for hydroxylation is 1. The first-order valence-corrected chi connectivity index (χ1v) is 5.65. The largest absolute Gasteiger partial charge is 0.478 e. The van der Waals surface area contributed by atoms with Crippen LogP contribution in [0.2, 0.25) is 0 Å². The third kappa shape index (κ3) is 2.28. The lowest BCUT2D eigenvalue weighted by Gasteiger charge is -2.06. The number of rotatable bonds is 3. The second kappa shape index (κ2) is 4.65. The Balaban J connectivity index is 2.38. The van der Waals surface area contributed by atoms with Crippen LogP contribution in [0.5, 0.6) is 0 Å². The molecule has 3 N–H and O–H groups in total. The van der Waals surface area contributed by atoms with Crippen molar-refractivity contribution in [3.63, 3.8) is 0 Å². The third-order valence-electron chi connectivity index (χ3n) is 2.20. The normalized spacial score (nSPS) is 10.6. The lowest BCUT2D eigenvalue weighted by Crippen LogP contribution is -2.03. The molecule has 1 heterocycles. The molecular formula is C10H9FN4O2S. The maximum Gasteiger partial charge on any atom is 0.338 e. The van der Waals surface area contributed by atoms with Gasteiger partial charge in [-0.3, -0.25) is 0 Å². The van der Waals surface area contributed by atoms with E-state index in [0.29, 0.717) is 10.1 Å². The van der Waals surface area contributed by atoms with Crippen molar-refractivity contribution < 1.29 is 14.3 Å². The first-order chi connectivity index (χ1) is 8.49. The number of carboxylic acids is 1. The first kappa shape index (κ1) is 12.4. The van der Waals surface area contributed by atoms with E-state index in [0.717, 1.165) is 23.9 Å². The number of nitrogens with zero attached hydrogens (tertiary/aromatic N) is 3. The zero-order valence-electron chi connectivity index (χ0n) is 9.29. The number of carboxylic acid groups (broad SMARTS) is 1. The van der Waals surface area contributed by atoms with E-state index >= 15 is 0 Å². The van der Waals surface area contributed by atoms with Crippen molar-refractivity contribution in [2.75, 3.05) is 5.73 Å². The number of hydrogen-bond donors (Lipinski definition) is 2. The minimum Gasteiger partial charge on any atom is -0.478 e. The van der Waals surface area contributed by atoms with Crippen LogP contribution in [0, 0.1) is 5.82 Å². The maximum atomic E-state index is 13.5. The molecule has 1 aromatic carbocycles. The molecule has 0 aliphatic heterocycles. The number of hydrogen-bond acceptors (Lipinski definition) is 5. The Morgan fingerprint density at radius 1 is 1.56 bits per heavy atom. The van der Waals surface area contributed by atoms with Crippen LogP contribution >= 0.6 is 11.8 Å². The van der Waals surface area contributed by atoms with Gasteiger partial charge in [-0.25, -0.2) is 9.18 Å². The van der Waals surface area contributed by atoms with Crippen LogP contribution in [0.25, 0.3) is 0 Å². The smallest absolute Gasteiger partial charge is 0.338 e. The second-order valence-corrected chi connectivity index (χ2v) is 4.51. The number of aromatic carboxylic acids is 1. The molecule has 2 rings (SSSR count).